The Kier molecular flexibility index (Phi) is 5.31. The summed E-state index contributed by atoms with van der Waals surface area (Å²) in [7, 11) is -2.34. The van der Waals surface area contributed by atoms with Crippen molar-refractivity contribution in [2.45, 2.75) is 24.8 Å². The van der Waals surface area contributed by atoms with Gasteiger partial charge in [0, 0.05) is 6.07 Å². The minimum Gasteiger partial charge on any atom is -0.497 e. The fraction of sp³-hybridized carbons (Fsp3) is 0.417. The molecule has 1 unspecified atom stereocenters. The Morgan fingerprint density at radius 1 is 1.42 bits per heavy atom. The van der Waals surface area contributed by atoms with Gasteiger partial charge in [-0.3, -0.25) is 4.79 Å². The fourth-order valence-corrected chi connectivity index (χ4v) is 2.61. The molecule has 6 nitrogen and oxygen atoms in total. The van der Waals surface area contributed by atoms with E-state index in [-0.39, 0.29) is 11.5 Å². The first-order chi connectivity index (χ1) is 8.90. The molecule has 7 heteroatoms. The van der Waals surface area contributed by atoms with E-state index in [1.807, 2.05) is 0 Å². The van der Waals surface area contributed by atoms with Crippen LogP contribution in [0.15, 0.2) is 29.2 Å². The number of sulfonamides is 1. The lowest BCUT2D eigenvalue weighted by Gasteiger charge is -2.13. The average Bonchev–Trinajstić information content (AvgIpc) is 2.38. The molecule has 1 rings (SSSR count). The van der Waals surface area contributed by atoms with Crippen molar-refractivity contribution in [2.24, 2.45) is 0 Å². The smallest absolute Gasteiger partial charge is 0.323 e. The predicted molar refractivity (Wildman–Crippen MR) is 69.4 cm³/mol. The highest BCUT2D eigenvalue weighted by atomic mass is 32.2. The van der Waals surface area contributed by atoms with E-state index < -0.39 is 22.0 Å². The summed E-state index contributed by atoms with van der Waals surface area (Å²) in [5.41, 5.74) is 0. The van der Waals surface area contributed by atoms with Crippen molar-refractivity contribution in [1.82, 2.24) is 4.72 Å². The molecule has 0 heterocycles. The van der Waals surface area contributed by atoms with Crippen LogP contribution in [0.3, 0.4) is 0 Å². The van der Waals surface area contributed by atoms with Crippen molar-refractivity contribution < 1.29 is 22.7 Å². The maximum Gasteiger partial charge on any atom is 0.323 e. The third-order valence-electron chi connectivity index (χ3n) is 2.32. The van der Waals surface area contributed by atoms with Gasteiger partial charge in [0.15, 0.2) is 0 Å². The molecule has 1 atom stereocenters. The van der Waals surface area contributed by atoms with Crippen molar-refractivity contribution in [3.05, 3.63) is 24.3 Å². The normalized spacial score (nSPS) is 12.8. The predicted octanol–water partition coefficient (Wildman–Crippen LogP) is 0.925. The second kappa shape index (κ2) is 6.53. The molecular formula is C12H17NO5S. The molecular weight excluding hydrogens is 270 g/mol. The van der Waals surface area contributed by atoms with Gasteiger partial charge in [0.05, 0.1) is 18.6 Å². The summed E-state index contributed by atoms with van der Waals surface area (Å²) < 4.78 is 36.0. The molecule has 1 N–H and O–H groups in total. The van der Waals surface area contributed by atoms with Crippen LogP contribution in [-0.4, -0.2) is 34.1 Å². The number of carbonyl (C=O) groups is 1. The zero-order valence-electron chi connectivity index (χ0n) is 11.0. The lowest BCUT2D eigenvalue weighted by molar-refractivity contribution is -0.144. The molecule has 1 aromatic rings. The van der Waals surface area contributed by atoms with Crippen molar-refractivity contribution in [2.75, 3.05) is 13.7 Å². The molecule has 0 amide bonds. The van der Waals surface area contributed by atoms with E-state index in [0.29, 0.717) is 5.75 Å². The van der Waals surface area contributed by atoms with Gasteiger partial charge in [-0.25, -0.2) is 8.42 Å². The highest BCUT2D eigenvalue weighted by Gasteiger charge is 2.23. The van der Waals surface area contributed by atoms with Gasteiger partial charge in [-0.15, -0.1) is 0 Å². The molecule has 0 aliphatic carbocycles. The largest absolute Gasteiger partial charge is 0.497 e. The highest BCUT2D eigenvalue weighted by molar-refractivity contribution is 7.89. The molecule has 0 saturated carbocycles. The summed E-state index contributed by atoms with van der Waals surface area (Å²) in [4.78, 5) is 11.4. The molecule has 0 radical (unpaired) electrons. The van der Waals surface area contributed by atoms with Crippen LogP contribution in [-0.2, 0) is 19.6 Å². The second-order valence-electron chi connectivity index (χ2n) is 3.77. The van der Waals surface area contributed by atoms with Gasteiger partial charge >= 0.3 is 5.97 Å². The summed E-state index contributed by atoms with van der Waals surface area (Å²) in [5, 5.41) is 0. The lowest BCUT2D eigenvalue weighted by atomic mass is 10.3. The summed E-state index contributed by atoms with van der Waals surface area (Å²) >= 11 is 0. The van der Waals surface area contributed by atoms with Crippen LogP contribution in [0.1, 0.15) is 13.8 Å². The molecule has 0 spiro atoms. The number of hydrogen-bond donors (Lipinski definition) is 1. The number of hydrogen-bond acceptors (Lipinski definition) is 5. The SMILES string of the molecule is CCOC(=O)C(C)NS(=O)(=O)c1cccc(OC)c1. The number of methoxy groups -OCH3 is 1. The maximum atomic E-state index is 12.0. The molecule has 0 aliphatic heterocycles. The first kappa shape index (κ1) is 15.5. The first-order valence-electron chi connectivity index (χ1n) is 5.73. The topological polar surface area (TPSA) is 81.7 Å². The number of nitrogens with one attached hydrogen (secondary N) is 1. The van der Waals surface area contributed by atoms with E-state index in [1.165, 1.54) is 26.2 Å². The van der Waals surface area contributed by atoms with E-state index in [2.05, 4.69) is 4.72 Å². The Balaban J connectivity index is 2.89. The minimum atomic E-state index is -3.79. The van der Waals surface area contributed by atoms with Gasteiger partial charge in [0.1, 0.15) is 11.8 Å². The van der Waals surface area contributed by atoms with E-state index in [4.69, 9.17) is 9.47 Å². The summed E-state index contributed by atoms with van der Waals surface area (Å²) in [6.45, 7) is 3.28. The van der Waals surface area contributed by atoms with Crippen LogP contribution in [0.4, 0.5) is 0 Å². The van der Waals surface area contributed by atoms with Crippen LogP contribution in [0.5, 0.6) is 5.75 Å². The van der Waals surface area contributed by atoms with Crippen molar-refractivity contribution in [1.29, 1.82) is 0 Å². The standard InChI is InChI=1S/C12H17NO5S/c1-4-18-12(14)9(2)13-19(15,16)11-7-5-6-10(8-11)17-3/h5-9,13H,4H2,1-3H3. The van der Waals surface area contributed by atoms with Gasteiger partial charge in [0.25, 0.3) is 0 Å². The number of rotatable bonds is 6. The summed E-state index contributed by atoms with van der Waals surface area (Å²) in [6, 6.07) is 5.04. The number of carbonyl (C=O) groups excluding carboxylic acids is 1. The van der Waals surface area contributed by atoms with Gasteiger partial charge in [-0.05, 0) is 26.0 Å². The van der Waals surface area contributed by atoms with Crippen molar-refractivity contribution in [3.8, 4) is 5.75 Å². The maximum absolute atomic E-state index is 12.0. The molecule has 0 fully saturated rings. The van der Waals surface area contributed by atoms with E-state index in [9.17, 15) is 13.2 Å². The molecule has 0 aliphatic rings. The molecule has 0 bridgehead atoms. The van der Waals surface area contributed by atoms with Crippen molar-refractivity contribution >= 4 is 16.0 Å². The molecule has 1 aromatic carbocycles. The molecule has 0 aromatic heterocycles. The number of benzene rings is 1. The molecule has 0 saturated heterocycles. The Morgan fingerprint density at radius 2 is 2.11 bits per heavy atom. The van der Waals surface area contributed by atoms with Crippen LogP contribution in [0.2, 0.25) is 0 Å². The Bertz CT molecular complexity index is 541. The van der Waals surface area contributed by atoms with E-state index in [0.717, 1.165) is 0 Å². The van der Waals surface area contributed by atoms with Crippen molar-refractivity contribution in [3.63, 3.8) is 0 Å². The third-order valence-corrected chi connectivity index (χ3v) is 3.86. The van der Waals surface area contributed by atoms with Gasteiger partial charge < -0.3 is 9.47 Å². The van der Waals surface area contributed by atoms with Crippen LogP contribution >= 0.6 is 0 Å². The third kappa shape index (κ3) is 4.22. The monoisotopic (exact) mass is 287 g/mol. The van der Waals surface area contributed by atoms with Crippen LogP contribution < -0.4 is 9.46 Å². The first-order valence-corrected chi connectivity index (χ1v) is 7.22. The lowest BCUT2D eigenvalue weighted by Crippen LogP contribution is -2.39. The average molecular weight is 287 g/mol. The van der Waals surface area contributed by atoms with Gasteiger partial charge in [-0.1, -0.05) is 6.07 Å². The van der Waals surface area contributed by atoms with Crippen LogP contribution in [0, 0.1) is 0 Å². The van der Waals surface area contributed by atoms with Gasteiger partial charge in [-0.2, -0.15) is 4.72 Å². The van der Waals surface area contributed by atoms with E-state index in [1.54, 1.807) is 19.1 Å². The fourth-order valence-electron chi connectivity index (χ4n) is 1.38. The summed E-state index contributed by atoms with van der Waals surface area (Å²) in [5.74, 6) is -0.194. The molecule has 19 heavy (non-hydrogen) atoms. The van der Waals surface area contributed by atoms with E-state index >= 15 is 0 Å². The Morgan fingerprint density at radius 3 is 2.68 bits per heavy atom. The Hall–Kier alpha value is -1.60. The van der Waals surface area contributed by atoms with Crippen LogP contribution in [0.25, 0.3) is 0 Å². The summed E-state index contributed by atoms with van der Waals surface area (Å²) in [6.07, 6.45) is 0. The minimum absolute atomic E-state index is 0.0306. The highest BCUT2D eigenvalue weighted by Crippen LogP contribution is 2.17. The zero-order valence-corrected chi connectivity index (χ0v) is 11.9. The quantitative estimate of drug-likeness (QED) is 0.787. The number of ether oxygens (including phenoxy) is 2. The van der Waals surface area contributed by atoms with Gasteiger partial charge in [0.2, 0.25) is 10.0 Å². The Labute approximate surface area is 112 Å². The zero-order chi connectivity index (χ0) is 14.5. The second-order valence-corrected chi connectivity index (χ2v) is 5.49. The number of esters is 1. The molecule has 106 valence electrons.